The molecule has 1 amide bonds. The molecule has 102 valence electrons. The lowest BCUT2D eigenvalue weighted by atomic mass is 10.2. The fraction of sp³-hybridized carbons (Fsp3) is 0.250. The number of primary sulfonamides is 1. The maximum atomic E-state index is 13.6. The van der Waals surface area contributed by atoms with Crippen LogP contribution in [0.25, 0.3) is 0 Å². The Hall–Kier alpha value is -1.91. The summed E-state index contributed by atoms with van der Waals surface area (Å²) in [6, 6.07) is 2.87. The summed E-state index contributed by atoms with van der Waals surface area (Å²) < 4.78 is 35.6. The van der Waals surface area contributed by atoms with E-state index in [9.17, 15) is 17.6 Å². The van der Waals surface area contributed by atoms with Gasteiger partial charge in [0.05, 0.1) is 10.5 Å². The van der Waals surface area contributed by atoms with Gasteiger partial charge in [0.1, 0.15) is 5.82 Å². The molecule has 19 heavy (non-hydrogen) atoms. The number of hydrogen-bond donors (Lipinski definition) is 2. The minimum Gasteiger partial charge on any atom is -0.352 e. The number of rotatable bonds is 5. The monoisotopic (exact) mass is 284 g/mol. The summed E-state index contributed by atoms with van der Waals surface area (Å²) >= 11 is 0. The number of unbranched alkanes of at least 4 members (excludes halogenated alkanes) is 1. The van der Waals surface area contributed by atoms with Crippen molar-refractivity contribution in [1.29, 1.82) is 0 Å². The Balaban J connectivity index is 2.80. The maximum absolute atomic E-state index is 13.6. The first kappa shape index (κ1) is 15.1. The molecule has 1 rings (SSSR count). The third kappa shape index (κ3) is 4.35. The van der Waals surface area contributed by atoms with Gasteiger partial charge in [-0.05, 0) is 24.6 Å². The summed E-state index contributed by atoms with van der Waals surface area (Å²) in [5, 5.41) is 7.33. The van der Waals surface area contributed by atoms with Crippen LogP contribution in [0.5, 0.6) is 0 Å². The molecular formula is C12H13FN2O3S. The third-order valence-corrected chi connectivity index (χ3v) is 3.21. The number of nitrogens with one attached hydrogen (secondary N) is 1. The van der Waals surface area contributed by atoms with Crippen molar-refractivity contribution in [3.8, 4) is 12.3 Å². The predicted octanol–water partition coefficient (Wildman–Crippen LogP) is 0.616. The van der Waals surface area contributed by atoms with Gasteiger partial charge in [0.2, 0.25) is 10.0 Å². The summed E-state index contributed by atoms with van der Waals surface area (Å²) in [6.07, 6.45) is 6.14. The summed E-state index contributed by atoms with van der Waals surface area (Å²) in [5.41, 5.74) is -0.242. The van der Waals surface area contributed by atoms with Crippen molar-refractivity contribution < 1.29 is 17.6 Å². The Kier molecular flexibility index (Phi) is 5.03. The van der Waals surface area contributed by atoms with Crippen molar-refractivity contribution in [2.75, 3.05) is 6.54 Å². The van der Waals surface area contributed by atoms with E-state index in [1.807, 2.05) is 0 Å². The quantitative estimate of drug-likeness (QED) is 0.613. The number of nitrogens with two attached hydrogens (primary N) is 1. The van der Waals surface area contributed by atoms with E-state index in [0.29, 0.717) is 25.5 Å². The van der Waals surface area contributed by atoms with Crippen LogP contribution in [0.3, 0.4) is 0 Å². The molecular weight excluding hydrogens is 271 g/mol. The van der Waals surface area contributed by atoms with Gasteiger partial charge in [-0.1, -0.05) is 0 Å². The van der Waals surface area contributed by atoms with E-state index in [2.05, 4.69) is 11.2 Å². The van der Waals surface area contributed by atoms with Crippen LogP contribution in [0.1, 0.15) is 23.2 Å². The highest BCUT2D eigenvalue weighted by atomic mass is 32.2. The molecule has 0 aromatic heterocycles. The normalized spacial score (nSPS) is 10.8. The summed E-state index contributed by atoms with van der Waals surface area (Å²) in [4.78, 5) is 11.2. The fourth-order valence-electron chi connectivity index (χ4n) is 1.34. The lowest BCUT2D eigenvalue weighted by Crippen LogP contribution is -2.25. The van der Waals surface area contributed by atoms with Crippen molar-refractivity contribution >= 4 is 15.9 Å². The fourth-order valence-corrected chi connectivity index (χ4v) is 1.87. The number of carbonyl (C=O) groups excluding carboxylic acids is 1. The molecule has 0 aliphatic heterocycles. The molecule has 0 bridgehead atoms. The summed E-state index contributed by atoms with van der Waals surface area (Å²) in [6.45, 7) is 0.319. The molecule has 1 aromatic rings. The Morgan fingerprint density at radius 1 is 1.47 bits per heavy atom. The van der Waals surface area contributed by atoms with Crippen molar-refractivity contribution in [3.05, 3.63) is 29.6 Å². The van der Waals surface area contributed by atoms with E-state index in [1.165, 1.54) is 0 Å². The molecule has 0 unspecified atom stereocenters. The van der Waals surface area contributed by atoms with E-state index in [4.69, 9.17) is 11.6 Å². The van der Waals surface area contributed by atoms with E-state index < -0.39 is 21.7 Å². The number of carbonyl (C=O) groups is 1. The highest BCUT2D eigenvalue weighted by molar-refractivity contribution is 7.89. The zero-order chi connectivity index (χ0) is 14.5. The average Bonchev–Trinajstić information content (AvgIpc) is 2.33. The molecule has 0 fully saturated rings. The van der Waals surface area contributed by atoms with Gasteiger partial charge >= 0.3 is 0 Å². The smallest absolute Gasteiger partial charge is 0.254 e. The molecule has 0 radical (unpaired) electrons. The number of hydrogen-bond acceptors (Lipinski definition) is 3. The maximum Gasteiger partial charge on any atom is 0.254 e. The van der Waals surface area contributed by atoms with Crippen LogP contribution in [-0.2, 0) is 10.0 Å². The standard InChI is InChI=1S/C12H13FN2O3S/c1-2-3-4-7-15-12(16)10-6-5-9(8-11(10)13)19(14,17)18/h1,5-6,8H,3-4,7H2,(H,15,16)(H2,14,17,18). The molecule has 0 saturated carbocycles. The van der Waals surface area contributed by atoms with Gasteiger partial charge in [-0.15, -0.1) is 12.3 Å². The second-order valence-electron chi connectivity index (χ2n) is 3.75. The zero-order valence-electron chi connectivity index (χ0n) is 10.0. The Morgan fingerprint density at radius 3 is 2.68 bits per heavy atom. The van der Waals surface area contributed by atoms with Crippen LogP contribution < -0.4 is 10.5 Å². The zero-order valence-corrected chi connectivity index (χ0v) is 10.8. The number of benzene rings is 1. The van der Waals surface area contributed by atoms with Crippen LogP contribution in [0, 0.1) is 18.2 Å². The van der Waals surface area contributed by atoms with Crippen molar-refractivity contribution in [2.45, 2.75) is 17.7 Å². The molecule has 0 heterocycles. The molecule has 5 nitrogen and oxygen atoms in total. The van der Waals surface area contributed by atoms with Gasteiger partial charge in [-0.25, -0.2) is 17.9 Å². The van der Waals surface area contributed by atoms with Crippen LogP contribution in [0.15, 0.2) is 23.1 Å². The first-order valence-electron chi connectivity index (χ1n) is 5.40. The van der Waals surface area contributed by atoms with Gasteiger partial charge in [0.25, 0.3) is 5.91 Å². The van der Waals surface area contributed by atoms with Crippen LogP contribution in [0.4, 0.5) is 4.39 Å². The van der Waals surface area contributed by atoms with Gasteiger partial charge in [0, 0.05) is 13.0 Å². The molecule has 3 N–H and O–H groups in total. The topological polar surface area (TPSA) is 89.3 Å². The predicted molar refractivity (Wildman–Crippen MR) is 68.2 cm³/mol. The Labute approximate surface area is 111 Å². The van der Waals surface area contributed by atoms with Crippen molar-refractivity contribution in [1.82, 2.24) is 5.32 Å². The summed E-state index contributed by atoms with van der Waals surface area (Å²) in [7, 11) is -3.99. The minimum atomic E-state index is -3.99. The lowest BCUT2D eigenvalue weighted by molar-refractivity contribution is 0.0949. The lowest BCUT2D eigenvalue weighted by Gasteiger charge is -2.06. The van der Waals surface area contributed by atoms with Crippen LogP contribution in [0.2, 0.25) is 0 Å². The van der Waals surface area contributed by atoms with Gasteiger partial charge in [0.15, 0.2) is 0 Å². The molecule has 0 atom stereocenters. The first-order valence-corrected chi connectivity index (χ1v) is 6.95. The van der Waals surface area contributed by atoms with Gasteiger partial charge < -0.3 is 5.32 Å². The molecule has 0 spiro atoms. The second-order valence-corrected chi connectivity index (χ2v) is 5.31. The highest BCUT2D eigenvalue weighted by Gasteiger charge is 2.15. The van der Waals surface area contributed by atoms with E-state index in [-0.39, 0.29) is 10.5 Å². The average molecular weight is 284 g/mol. The third-order valence-electron chi connectivity index (χ3n) is 2.30. The van der Waals surface area contributed by atoms with Gasteiger partial charge in [-0.3, -0.25) is 4.79 Å². The molecule has 1 aromatic carbocycles. The number of amides is 1. The first-order chi connectivity index (χ1) is 8.86. The largest absolute Gasteiger partial charge is 0.352 e. The molecule has 0 aliphatic rings. The number of halogens is 1. The van der Waals surface area contributed by atoms with Crippen LogP contribution >= 0.6 is 0 Å². The summed E-state index contributed by atoms with van der Waals surface area (Å²) in [5.74, 6) is 0.838. The van der Waals surface area contributed by atoms with Crippen molar-refractivity contribution in [3.63, 3.8) is 0 Å². The van der Waals surface area contributed by atoms with Gasteiger partial charge in [-0.2, -0.15) is 0 Å². The van der Waals surface area contributed by atoms with E-state index in [1.54, 1.807) is 0 Å². The molecule has 0 aliphatic carbocycles. The van der Waals surface area contributed by atoms with E-state index in [0.717, 1.165) is 12.1 Å². The van der Waals surface area contributed by atoms with E-state index >= 15 is 0 Å². The van der Waals surface area contributed by atoms with Crippen molar-refractivity contribution in [2.24, 2.45) is 5.14 Å². The molecule has 0 saturated heterocycles. The van der Waals surface area contributed by atoms with Crippen LogP contribution in [-0.4, -0.2) is 20.9 Å². The Bertz CT molecular complexity index is 620. The number of sulfonamides is 1. The SMILES string of the molecule is C#CCCCNC(=O)c1ccc(S(N)(=O)=O)cc1F. The molecule has 7 heteroatoms. The highest BCUT2D eigenvalue weighted by Crippen LogP contribution is 2.13. The number of terminal acetylenes is 1. The minimum absolute atomic E-state index is 0.242. The second kappa shape index (κ2) is 6.31. The Morgan fingerprint density at radius 2 is 2.16 bits per heavy atom.